The van der Waals surface area contributed by atoms with Crippen molar-refractivity contribution in [3.05, 3.63) is 0 Å². The first-order chi connectivity index (χ1) is 7.02. The number of ether oxygens (including phenoxy) is 1. The quantitative estimate of drug-likeness (QED) is 0.596. The van der Waals surface area contributed by atoms with Crippen molar-refractivity contribution in [2.24, 2.45) is 5.73 Å². The van der Waals surface area contributed by atoms with Crippen LogP contribution in [0.5, 0.6) is 0 Å². The Bertz CT molecular complexity index is 181. The van der Waals surface area contributed by atoms with E-state index in [0.29, 0.717) is 26.1 Å². The van der Waals surface area contributed by atoms with Crippen molar-refractivity contribution < 1.29 is 9.53 Å². The van der Waals surface area contributed by atoms with Crippen LogP contribution >= 0.6 is 0 Å². The summed E-state index contributed by atoms with van der Waals surface area (Å²) in [5, 5.41) is 2.86. The SMILES string of the molecule is CCOC(C)(C)CNC(=O)CCCCN. The fourth-order valence-corrected chi connectivity index (χ4v) is 1.27. The van der Waals surface area contributed by atoms with Crippen LogP contribution in [-0.2, 0) is 9.53 Å². The number of rotatable bonds is 8. The average Bonchev–Trinajstić information content (AvgIpc) is 2.15. The molecule has 0 aromatic heterocycles. The van der Waals surface area contributed by atoms with Crippen LogP contribution in [0.4, 0.5) is 0 Å². The van der Waals surface area contributed by atoms with Crippen LogP contribution in [0.1, 0.15) is 40.0 Å². The largest absolute Gasteiger partial charge is 0.374 e. The van der Waals surface area contributed by atoms with Crippen molar-refractivity contribution in [3.63, 3.8) is 0 Å². The molecule has 0 spiro atoms. The molecule has 1 amide bonds. The summed E-state index contributed by atoms with van der Waals surface area (Å²) in [7, 11) is 0. The molecule has 0 aliphatic rings. The van der Waals surface area contributed by atoms with E-state index < -0.39 is 0 Å². The Morgan fingerprint density at radius 3 is 2.60 bits per heavy atom. The lowest BCUT2D eigenvalue weighted by molar-refractivity contribution is -0.122. The van der Waals surface area contributed by atoms with Gasteiger partial charge in [-0.05, 0) is 40.2 Å². The van der Waals surface area contributed by atoms with E-state index in [1.54, 1.807) is 0 Å². The van der Waals surface area contributed by atoms with Gasteiger partial charge in [0.25, 0.3) is 0 Å². The third-order valence-corrected chi connectivity index (χ3v) is 2.10. The number of hydrogen-bond acceptors (Lipinski definition) is 3. The van der Waals surface area contributed by atoms with E-state index in [2.05, 4.69) is 5.32 Å². The van der Waals surface area contributed by atoms with Crippen LogP contribution in [-0.4, -0.2) is 31.2 Å². The summed E-state index contributed by atoms with van der Waals surface area (Å²) in [6.45, 7) is 7.76. The molecule has 0 rings (SSSR count). The second-order valence-electron chi connectivity index (χ2n) is 4.22. The Kier molecular flexibility index (Phi) is 7.34. The average molecular weight is 216 g/mol. The summed E-state index contributed by atoms with van der Waals surface area (Å²) in [4.78, 5) is 11.4. The van der Waals surface area contributed by atoms with Gasteiger partial charge in [-0.2, -0.15) is 0 Å². The molecule has 0 heterocycles. The minimum absolute atomic E-state index is 0.0798. The second kappa shape index (κ2) is 7.65. The molecule has 0 radical (unpaired) electrons. The molecule has 4 heteroatoms. The van der Waals surface area contributed by atoms with E-state index in [1.165, 1.54) is 0 Å². The molecule has 3 N–H and O–H groups in total. The Labute approximate surface area is 92.6 Å². The molecule has 0 aromatic carbocycles. The molecule has 0 atom stereocenters. The van der Waals surface area contributed by atoms with Gasteiger partial charge in [-0.1, -0.05) is 0 Å². The fraction of sp³-hybridized carbons (Fsp3) is 0.909. The van der Waals surface area contributed by atoms with E-state index in [4.69, 9.17) is 10.5 Å². The van der Waals surface area contributed by atoms with Crippen LogP contribution in [0.15, 0.2) is 0 Å². The third kappa shape index (κ3) is 8.39. The molecule has 0 bridgehead atoms. The second-order valence-corrected chi connectivity index (χ2v) is 4.22. The highest BCUT2D eigenvalue weighted by Crippen LogP contribution is 2.06. The zero-order valence-corrected chi connectivity index (χ0v) is 10.1. The minimum Gasteiger partial charge on any atom is -0.374 e. The van der Waals surface area contributed by atoms with Gasteiger partial charge in [0.2, 0.25) is 5.91 Å². The van der Waals surface area contributed by atoms with Gasteiger partial charge in [0.15, 0.2) is 0 Å². The van der Waals surface area contributed by atoms with E-state index in [9.17, 15) is 4.79 Å². The first kappa shape index (κ1) is 14.4. The number of hydrogen-bond donors (Lipinski definition) is 2. The third-order valence-electron chi connectivity index (χ3n) is 2.10. The van der Waals surface area contributed by atoms with Crippen molar-refractivity contribution in [3.8, 4) is 0 Å². The summed E-state index contributed by atoms with van der Waals surface area (Å²) in [5.74, 6) is 0.0798. The zero-order chi connectivity index (χ0) is 11.7. The van der Waals surface area contributed by atoms with Crippen LogP contribution in [0.25, 0.3) is 0 Å². The number of unbranched alkanes of at least 4 members (excludes halogenated alkanes) is 1. The molecule has 15 heavy (non-hydrogen) atoms. The predicted octanol–water partition coefficient (Wildman–Crippen LogP) is 1.05. The predicted molar refractivity (Wildman–Crippen MR) is 61.6 cm³/mol. The summed E-state index contributed by atoms with van der Waals surface area (Å²) in [6.07, 6.45) is 2.32. The standard InChI is InChI=1S/C11H24N2O2/c1-4-15-11(2,3)9-13-10(14)7-5-6-8-12/h4-9,12H2,1-3H3,(H,13,14). The van der Waals surface area contributed by atoms with Gasteiger partial charge in [0.1, 0.15) is 0 Å². The maximum Gasteiger partial charge on any atom is 0.220 e. The van der Waals surface area contributed by atoms with E-state index in [1.807, 2.05) is 20.8 Å². The van der Waals surface area contributed by atoms with E-state index in [0.717, 1.165) is 12.8 Å². The van der Waals surface area contributed by atoms with Crippen LogP contribution < -0.4 is 11.1 Å². The molecule has 0 unspecified atom stereocenters. The van der Waals surface area contributed by atoms with Gasteiger partial charge < -0.3 is 15.8 Å². The molecule has 0 aliphatic heterocycles. The summed E-state index contributed by atoms with van der Waals surface area (Å²) in [5.41, 5.74) is 5.07. The summed E-state index contributed by atoms with van der Waals surface area (Å²) >= 11 is 0. The first-order valence-corrected chi connectivity index (χ1v) is 5.62. The van der Waals surface area contributed by atoms with Gasteiger partial charge in [-0.15, -0.1) is 0 Å². The zero-order valence-electron chi connectivity index (χ0n) is 10.1. The molecular formula is C11H24N2O2. The maximum absolute atomic E-state index is 11.4. The van der Waals surface area contributed by atoms with Crippen molar-refractivity contribution in [1.29, 1.82) is 0 Å². The molecule has 4 nitrogen and oxygen atoms in total. The Morgan fingerprint density at radius 2 is 2.07 bits per heavy atom. The molecule has 0 saturated carbocycles. The smallest absolute Gasteiger partial charge is 0.220 e. The highest BCUT2D eigenvalue weighted by molar-refractivity contribution is 5.75. The van der Waals surface area contributed by atoms with Gasteiger partial charge in [0.05, 0.1) is 5.60 Å². The maximum atomic E-state index is 11.4. The highest BCUT2D eigenvalue weighted by atomic mass is 16.5. The minimum atomic E-state index is -0.279. The molecular weight excluding hydrogens is 192 g/mol. The van der Waals surface area contributed by atoms with Gasteiger partial charge in [-0.3, -0.25) is 4.79 Å². The molecule has 0 aromatic rings. The Hall–Kier alpha value is -0.610. The Morgan fingerprint density at radius 1 is 1.40 bits per heavy atom. The van der Waals surface area contributed by atoms with Crippen molar-refractivity contribution in [2.45, 2.75) is 45.6 Å². The number of nitrogens with one attached hydrogen (secondary N) is 1. The van der Waals surface area contributed by atoms with Crippen LogP contribution in [0.2, 0.25) is 0 Å². The first-order valence-electron chi connectivity index (χ1n) is 5.62. The number of carbonyl (C=O) groups excluding carboxylic acids is 1. The molecule has 0 aliphatic carbocycles. The van der Waals surface area contributed by atoms with Crippen molar-refractivity contribution in [1.82, 2.24) is 5.32 Å². The topological polar surface area (TPSA) is 64.3 Å². The molecule has 0 fully saturated rings. The monoisotopic (exact) mass is 216 g/mol. The molecule has 0 saturated heterocycles. The van der Waals surface area contributed by atoms with Gasteiger partial charge in [-0.25, -0.2) is 0 Å². The van der Waals surface area contributed by atoms with Crippen molar-refractivity contribution in [2.75, 3.05) is 19.7 Å². The van der Waals surface area contributed by atoms with Crippen LogP contribution in [0.3, 0.4) is 0 Å². The lowest BCUT2D eigenvalue weighted by atomic mass is 10.1. The van der Waals surface area contributed by atoms with Gasteiger partial charge in [0, 0.05) is 19.6 Å². The molecule has 90 valence electrons. The highest BCUT2D eigenvalue weighted by Gasteiger charge is 2.18. The van der Waals surface area contributed by atoms with Crippen molar-refractivity contribution >= 4 is 5.91 Å². The van der Waals surface area contributed by atoms with E-state index in [-0.39, 0.29) is 11.5 Å². The summed E-state index contributed by atoms with van der Waals surface area (Å²) in [6, 6.07) is 0. The Balaban J connectivity index is 3.60. The lowest BCUT2D eigenvalue weighted by Gasteiger charge is -2.24. The van der Waals surface area contributed by atoms with E-state index >= 15 is 0 Å². The number of carbonyl (C=O) groups is 1. The number of amides is 1. The van der Waals surface area contributed by atoms with Gasteiger partial charge >= 0.3 is 0 Å². The number of nitrogens with two attached hydrogens (primary N) is 1. The normalized spacial score (nSPS) is 11.5. The fourth-order valence-electron chi connectivity index (χ4n) is 1.27. The lowest BCUT2D eigenvalue weighted by Crippen LogP contribution is -2.40. The van der Waals surface area contributed by atoms with Crippen LogP contribution in [0, 0.1) is 0 Å². The summed E-state index contributed by atoms with van der Waals surface area (Å²) < 4.78 is 5.47.